The standard InChI is InChI=1S/C42H26BrN5/c43-40-39(47-42-37-32-18-10-11-19-34(32)44-38(29-14-6-2-7-15-29)33(37)24-25-48(40)42)30-22-20-28(21-23-30)36-26-35(27-12-4-1-5-13-27)45-41(46-36)31-16-8-3-9-17-31/h1-26H. The highest BCUT2D eigenvalue weighted by Gasteiger charge is 2.19. The normalized spacial score (nSPS) is 11.4. The Morgan fingerprint density at radius 1 is 0.438 bits per heavy atom. The van der Waals surface area contributed by atoms with E-state index in [9.17, 15) is 0 Å². The largest absolute Gasteiger partial charge is 0.293 e. The van der Waals surface area contributed by atoms with E-state index in [0.717, 1.165) is 82.5 Å². The third-order valence-corrected chi connectivity index (χ3v) is 9.48. The Labute approximate surface area is 285 Å². The number of pyridine rings is 2. The second-order valence-electron chi connectivity index (χ2n) is 11.7. The first kappa shape index (κ1) is 28.3. The van der Waals surface area contributed by atoms with Gasteiger partial charge in [0.15, 0.2) is 5.82 Å². The number of hydrogen-bond acceptors (Lipinski definition) is 4. The van der Waals surface area contributed by atoms with Crippen molar-refractivity contribution in [3.63, 3.8) is 0 Å². The Morgan fingerprint density at radius 3 is 1.67 bits per heavy atom. The van der Waals surface area contributed by atoms with Crippen molar-refractivity contribution in [3.8, 4) is 56.4 Å². The van der Waals surface area contributed by atoms with Crippen molar-refractivity contribution in [1.82, 2.24) is 24.3 Å². The van der Waals surface area contributed by atoms with Crippen molar-refractivity contribution in [3.05, 3.63) is 162 Å². The van der Waals surface area contributed by atoms with Crippen molar-refractivity contribution in [2.24, 2.45) is 0 Å². The Kier molecular flexibility index (Phi) is 6.87. The lowest BCUT2D eigenvalue weighted by Crippen LogP contribution is -1.95. The molecule has 4 aromatic heterocycles. The molecule has 9 rings (SSSR count). The highest BCUT2D eigenvalue weighted by atomic mass is 79.9. The van der Waals surface area contributed by atoms with Crippen molar-refractivity contribution in [1.29, 1.82) is 0 Å². The molecule has 9 aromatic rings. The third kappa shape index (κ3) is 4.86. The zero-order chi connectivity index (χ0) is 32.0. The molecule has 0 fully saturated rings. The third-order valence-electron chi connectivity index (χ3n) is 8.73. The maximum atomic E-state index is 5.27. The molecule has 0 radical (unpaired) electrons. The zero-order valence-corrected chi connectivity index (χ0v) is 27.2. The molecule has 48 heavy (non-hydrogen) atoms. The van der Waals surface area contributed by atoms with Gasteiger partial charge in [-0.1, -0.05) is 133 Å². The number of imidazole rings is 1. The van der Waals surface area contributed by atoms with Crippen LogP contribution in [0.25, 0.3) is 83.7 Å². The second-order valence-corrected chi connectivity index (χ2v) is 12.4. The summed E-state index contributed by atoms with van der Waals surface area (Å²) in [6.45, 7) is 0. The van der Waals surface area contributed by atoms with Gasteiger partial charge in [0, 0.05) is 50.2 Å². The quantitative estimate of drug-likeness (QED) is 0.170. The lowest BCUT2D eigenvalue weighted by molar-refractivity contribution is 1.17. The first-order chi connectivity index (χ1) is 23.7. The van der Waals surface area contributed by atoms with E-state index >= 15 is 0 Å². The van der Waals surface area contributed by atoms with E-state index in [1.807, 2.05) is 60.7 Å². The number of nitrogens with zero attached hydrogens (tertiary/aromatic N) is 5. The van der Waals surface area contributed by atoms with Crippen molar-refractivity contribution >= 4 is 43.3 Å². The van der Waals surface area contributed by atoms with E-state index in [1.54, 1.807) is 0 Å². The van der Waals surface area contributed by atoms with Crippen LogP contribution in [-0.4, -0.2) is 24.3 Å². The average molecular weight is 681 g/mol. The molecule has 226 valence electrons. The highest BCUT2D eigenvalue weighted by molar-refractivity contribution is 9.10. The summed E-state index contributed by atoms with van der Waals surface area (Å²) in [5.41, 5.74) is 10.5. The number of para-hydroxylation sites is 1. The summed E-state index contributed by atoms with van der Waals surface area (Å²) in [7, 11) is 0. The van der Waals surface area contributed by atoms with E-state index in [4.69, 9.17) is 19.9 Å². The number of hydrogen-bond donors (Lipinski definition) is 0. The van der Waals surface area contributed by atoms with Crippen LogP contribution in [0.4, 0.5) is 0 Å². The fraction of sp³-hybridized carbons (Fsp3) is 0. The van der Waals surface area contributed by atoms with Gasteiger partial charge in [0.1, 0.15) is 15.9 Å². The molecule has 0 aliphatic rings. The summed E-state index contributed by atoms with van der Waals surface area (Å²) < 4.78 is 3.02. The van der Waals surface area contributed by atoms with Crippen LogP contribution in [0.2, 0.25) is 0 Å². The van der Waals surface area contributed by atoms with Gasteiger partial charge in [0.2, 0.25) is 0 Å². The summed E-state index contributed by atoms with van der Waals surface area (Å²) in [6.07, 6.45) is 2.08. The van der Waals surface area contributed by atoms with Crippen molar-refractivity contribution in [2.75, 3.05) is 0 Å². The van der Waals surface area contributed by atoms with Crippen LogP contribution in [-0.2, 0) is 0 Å². The van der Waals surface area contributed by atoms with Gasteiger partial charge in [-0.05, 0) is 34.1 Å². The van der Waals surface area contributed by atoms with Crippen LogP contribution in [0, 0.1) is 0 Å². The summed E-state index contributed by atoms with van der Waals surface area (Å²) in [5, 5.41) is 3.22. The Bertz CT molecular complexity index is 2540. The summed E-state index contributed by atoms with van der Waals surface area (Å²) in [4.78, 5) is 20.3. The minimum atomic E-state index is 0.697. The fourth-order valence-corrected chi connectivity index (χ4v) is 6.97. The molecule has 0 atom stereocenters. The molecule has 4 heterocycles. The molecule has 5 aromatic carbocycles. The van der Waals surface area contributed by atoms with Gasteiger partial charge in [-0.3, -0.25) is 4.40 Å². The summed E-state index contributed by atoms with van der Waals surface area (Å²) >= 11 is 3.90. The van der Waals surface area contributed by atoms with Crippen LogP contribution < -0.4 is 0 Å². The number of rotatable bonds is 5. The van der Waals surface area contributed by atoms with Gasteiger partial charge < -0.3 is 0 Å². The summed E-state index contributed by atoms with van der Waals surface area (Å²) in [5.74, 6) is 0.697. The molecule has 0 N–H and O–H groups in total. The fourth-order valence-electron chi connectivity index (χ4n) is 6.37. The number of aromatic nitrogens is 5. The SMILES string of the molecule is Brc1c(-c2ccc(-c3cc(-c4ccccc4)nc(-c4ccccc4)n3)cc2)nc2c3c(ccn12)c(-c1ccccc1)nc1ccccc13. The smallest absolute Gasteiger partial charge is 0.160 e. The Hall–Kier alpha value is -5.98. The highest BCUT2D eigenvalue weighted by Crippen LogP contribution is 2.38. The van der Waals surface area contributed by atoms with Gasteiger partial charge in [-0.15, -0.1) is 0 Å². The van der Waals surface area contributed by atoms with E-state index in [0.29, 0.717) is 5.82 Å². The number of benzene rings is 5. The van der Waals surface area contributed by atoms with Gasteiger partial charge in [0.25, 0.3) is 0 Å². The van der Waals surface area contributed by atoms with E-state index in [1.165, 1.54) is 0 Å². The van der Waals surface area contributed by atoms with E-state index < -0.39 is 0 Å². The maximum Gasteiger partial charge on any atom is 0.160 e. The molecule has 0 spiro atoms. The van der Waals surface area contributed by atoms with Crippen molar-refractivity contribution in [2.45, 2.75) is 0 Å². The molecule has 0 aliphatic carbocycles. The average Bonchev–Trinajstić information content (AvgIpc) is 3.51. The molecule has 0 bridgehead atoms. The van der Waals surface area contributed by atoms with Crippen LogP contribution >= 0.6 is 15.9 Å². The molecule has 0 aliphatic heterocycles. The molecule has 0 saturated heterocycles. The van der Waals surface area contributed by atoms with Crippen LogP contribution in [0.3, 0.4) is 0 Å². The van der Waals surface area contributed by atoms with Crippen LogP contribution in [0.1, 0.15) is 0 Å². The predicted molar refractivity (Wildman–Crippen MR) is 198 cm³/mol. The Balaban J connectivity index is 1.18. The maximum absolute atomic E-state index is 5.27. The minimum Gasteiger partial charge on any atom is -0.293 e. The minimum absolute atomic E-state index is 0.697. The monoisotopic (exact) mass is 679 g/mol. The zero-order valence-electron chi connectivity index (χ0n) is 25.6. The second kappa shape index (κ2) is 11.7. The first-order valence-electron chi connectivity index (χ1n) is 15.8. The molecular formula is C42H26BrN5. The van der Waals surface area contributed by atoms with Gasteiger partial charge >= 0.3 is 0 Å². The van der Waals surface area contributed by atoms with Gasteiger partial charge in [-0.2, -0.15) is 0 Å². The van der Waals surface area contributed by atoms with Gasteiger partial charge in [0.05, 0.1) is 22.6 Å². The molecular weight excluding hydrogens is 654 g/mol. The summed E-state index contributed by atoms with van der Waals surface area (Å²) in [6, 6.07) is 51.7. The predicted octanol–water partition coefficient (Wildman–Crippen LogP) is 10.9. The topological polar surface area (TPSA) is 56.0 Å². The van der Waals surface area contributed by atoms with Crippen LogP contribution in [0.15, 0.2) is 162 Å². The lowest BCUT2D eigenvalue weighted by Gasteiger charge is -2.11. The molecule has 6 heteroatoms. The Morgan fingerprint density at radius 2 is 0.979 bits per heavy atom. The molecule has 0 unspecified atom stereocenters. The number of fused-ring (bicyclic) bond motifs is 5. The van der Waals surface area contributed by atoms with Gasteiger partial charge in [-0.25, -0.2) is 19.9 Å². The molecule has 5 nitrogen and oxygen atoms in total. The van der Waals surface area contributed by atoms with E-state index in [-0.39, 0.29) is 0 Å². The lowest BCUT2D eigenvalue weighted by atomic mass is 10.0. The molecule has 0 saturated carbocycles. The van der Waals surface area contributed by atoms with Crippen LogP contribution in [0.5, 0.6) is 0 Å². The van der Waals surface area contributed by atoms with E-state index in [2.05, 4.69) is 118 Å². The molecule has 0 amide bonds. The first-order valence-corrected chi connectivity index (χ1v) is 16.6. The number of halogens is 1. The van der Waals surface area contributed by atoms with Crippen molar-refractivity contribution < 1.29 is 0 Å².